The van der Waals surface area contributed by atoms with Crippen molar-refractivity contribution in [1.29, 1.82) is 0 Å². The molecule has 0 unspecified atom stereocenters. The molecule has 0 spiro atoms. The number of aryl methyl sites for hydroxylation is 1. The van der Waals surface area contributed by atoms with Gasteiger partial charge in [0.1, 0.15) is 0 Å². The van der Waals surface area contributed by atoms with Gasteiger partial charge in [-0.05, 0) is 43.0 Å². The fourth-order valence-electron chi connectivity index (χ4n) is 3.44. The van der Waals surface area contributed by atoms with Gasteiger partial charge in [-0.1, -0.05) is 47.9 Å². The molecule has 1 fully saturated rings. The standard InChI is InChI=1S/C22H23ClN4O2/c1-2-15-5-7-16(8-6-15)21-25-20(29-26-21)14-24-19-10-9-17(23)13-18(19)22(28)27-11-3-4-12-27/h5-10,13,24H,2-4,11-12,14H2,1H3. The molecule has 4 rings (SSSR count). The Morgan fingerprint density at radius 2 is 1.93 bits per heavy atom. The first-order valence-electron chi connectivity index (χ1n) is 9.88. The lowest BCUT2D eigenvalue weighted by Crippen LogP contribution is -2.28. The third-order valence-corrected chi connectivity index (χ3v) is 5.36. The molecule has 150 valence electrons. The number of carbonyl (C=O) groups excluding carboxylic acids is 1. The van der Waals surface area contributed by atoms with Crippen molar-refractivity contribution in [1.82, 2.24) is 15.0 Å². The average Bonchev–Trinajstić information content (AvgIpc) is 3.45. The molecule has 1 saturated heterocycles. The maximum absolute atomic E-state index is 12.8. The second-order valence-electron chi connectivity index (χ2n) is 7.10. The van der Waals surface area contributed by atoms with E-state index >= 15 is 0 Å². The Kier molecular flexibility index (Phi) is 5.81. The van der Waals surface area contributed by atoms with Crippen LogP contribution >= 0.6 is 11.6 Å². The summed E-state index contributed by atoms with van der Waals surface area (Å²) in [7, 11) is 0. The maximum atomic E-state index is 12.8. The molecule has 3 aromatic rings. The van der Waals surface area contributed by atoms with Gasteiger partial charge in [0.15, 0.2) is 0 Å². The molecule has 29 heavy (non-hydrogen) atoms. The molecule has 1 amide bonds. The first kappa shape index (κ1) is 19.5. The van der Waals surface area contributed by atoms with Gasteiger partial charge >= 0.3 is 0 Å². The first-order chi connectivity index (χ1) is 14.1. The van der Waals surface area contributed by atoms with E-state index in [0.717, 1.165) is 37.9 Å². The Hall–Kier alpha value is -2.86. The van der Waals surface area contributed by atoms with Crippen LogP contribution in [-0.2, 0) is 13.0 Å². The van der Waals surface area contributed by atoms with Gasteiger partial charge in [0, 0.05) is 29.4 Å². The summed E-state index contributed by atoms with van der Waals surface area (Å²) in [6, 6.07) is 13.4. The Bertz CT molecular complexity index is 994. The van der Waals surface area contributed by atoms with Gasteiger partial charge in [-0.15, -0.1) is 0 Å². The SMILES string of the molecule is CCc1ccc(-c2noc(CNc3ccc(Cl)cc3C(=O)N3CCCC3)n2)cc1. The minimum atomic E-state index is -0.00488. The number of carbonyl (C=O) groups is 1. The Morgan fingerprint density at radius 3 is 2.66 bits per heavy atom. The number of likely N-dealkylation sites (tertiary alicyclic amines) is 1. The van der Waals surface area contributed by atoms with Gasteiger partial charge in [0.2, 0.25) is 11.7 Å². The molecule has 0 bridgehead atoms. The minimum absolute atomic E-state index is 0.00488. The summed E-state index contributed by atoms with van der Waals surface area (Å²) in [5, 5.41) is 7.84. The van der Waals surface area contributed by atoms with Crippen LogP contribution in [0.25, 0.3) is 11.4 Å². The number of benzene rings is 2. The van der Waals surface area contributed by atoms with Crippen LogP contribution in [0, 0.1) is 0 Å². The van der Waals surface area contributed by atoms with E-state index in [1.807, 2.05) is 23.1 Å². The van der Waals surface area contributed by atoms with Gasteiger partial charge in [-0.3, -0.25) is 4.79 Å². The fraction of sp³-hybridized carbons (Fsp3) is 0.318. The van der Waals surface area contributed by atoms with Crippen LogP contribution in [0.2, 0.25) is 5.02 Å². The molecule has 6 nitrogen and oxygen atoms in total. The van der Waals surface area contributed by atoms with Crippen molar-refractivity contribution in [3.05, 3.63) is 64.5 Å². The van der Waals surface area contributed by atoms with Crippen molar-refractivity contribution in [2.24, 2.45) is 0 Å². The molecule has 1 aliphatic rings. The van der Waals surface area contributed by atoms with Crippen LogP contribution in [0.3, 0.4) is 0 Å². The molecule has 0 saturated carbocycles. The highest BCUT2D eigenvalue weighted by Gasteiger charge is 2.22. The summed E-state index contributed by atoms with van der Waals surface area (Å²) in [6.45, 7) is 4.01. The molecular weight excluding hydrogens is 388 g/mol. The number of aromatic nitrogens is 2. The lowest BCUT2D eigenvalue weighted by molar-refractivity contribution is 0.0793. The van der Waals surface area contributed by atoms with E-state index in [1.54, 1.807) is 12.1 Å². The highest BCUT2D eigenvalue weighted by Crippen LogP contribution is 2.25. The largest absolute Gasteiger partial charge is 0.375 e. The van der Waals surface area contributed by atoms with Crippen molar-refractivity contribution in [3.8, 4) is 11.4 Å². The molecule has 2 heterocycles. The molecule has 0 atom stereocenters. The first-order valence-corrected chi connectivity index (χ1v) is 10.3. The quantitative estimate of drug-likeness (QED) is 0.632. The number of hydrogen-bond acceptors (Lipinski definition) is 5. The molecule has 0 radical (unpaired) electrons. The summed E-state index contributed by atoms with van der Waals surface area (Å²) in [5.74, 6) is 0.998. The Morgan fingerprint density at radius 1 is 1.17 bits per heavy atom. The number of rotatable bonds is 6. The smallest absolute Gasteiger partial charge is 0.256 e. The molecule has 2 aromatic carbocycles. The summed E-state index contributed by atoms with van der Waals surface area (Å²) >= 11 is 6.14. The summed E-state index contributed by atoms with van der Waals surface area (Å²) in [5.41, 5.74) is 3.44. The van der Waals surface area contributed by atoms with E-state index in [4.69, 9.17) is 16.1 Å². The monoisotopic (exact) mass is 410 g/mol. The predicted octanol–water partition coefficient (Wildman–Crippen LogP) is 4.80. The topological polar surface area (TPSA) is 71.3 Å². The van der Waals surface area contributed by atoms with Crippen LogP contribution < -0.4 is 5.32 Å². The predicted molar refractivity (Wildman–Crippen MR) is 113 cm³/mol. The van der Waals surface area contributed by atoms with Crippen molar-refractivity contribution in [2.75, 3.05) is 18.4 Å². The van der Waals surface area contributed by atoms with E-state index in [9.17, 15) is 4.79 Å². The van der Waals surface area contributed by atoms with Crippen LogP contribution in [-0.4, -0.2) is 34.0 Å². The number of anilines is 1. The third-order valence-electron chi connectivity index (χ3n) is 5.12. The van der Waals surface area contributed by atoms with E-state index in [-0.39, 0.29) is 5.91 Å². The molecule has 0 aliphatic carbocycles. The van der Waals surface area contributed by atoms with Gasteiger partial charge in [0.25, 0.3) is 5.91 Å². The van der Waals surface area contributed by atoms with E-state index in [2.05, 4.69) is 34.5 Å². The van der Waals surface area contributed by atoms with Crippen molar-refractivity contribution in [2.45, 2.75) is 32.7 Å². The van der Waals surface area contributed by atoms with E-state index < -0.39 is 0 Å². The van der Waals surface area contributed by atoms with Gasteiger partial charge < -0.3 is 14.7 Å². The molecule has 7 heteroatoms. The lowest BCUT2D eigenvalue weighted by Gasteiger charge is -2.18. The number of amides is 1. The van der Waals surface area contributed by atoms with Crippen molar-refractivity contribution >= 4 is 23.2 Å². The molecule has 1 aliphatic heterocycles. The van der Waals surface area contributed by atoms with Crippen LogP contribution in [0.1, 0.15) is 41.6 Å². The number of halogens is 1. The third kappa shape index (κ3) is 4.43. The molecule has 1 N–H and O–H groups in total. The number of hydrogen-bond donors (Lipinski definition) is 1. The van der Waals surface area contributed by atoms with E-state index in [0.29, 0.717) is 34.5 Å². The highest BCUT2D eigenvalue weighted by molar-refractivity contribution is 6.31. The zero-order valence-corrected chi connectivity index (χ0v) is 17.1. The van der Waals surface area contributed by atoms with Gasteiger partial charge in [0.05, 0.1) is 12.1 Å². The average molecular weight is 411 g/mol. The molecule has 1 aromatic heterocycles. The summed E-state index contributed by atoms with van der Waals surface area (Å²) in [4.78, 5) is 19.2. The minimum Gasteiger partial charge on any atom is -0.375 e. The van der Waals surface area contributed by atoms with Crippen LogP contribution in [0.5, 0.6) is 0 Å². The molecular formula is C22H23ClN4O2. The number of nitrogens with one attached hydrogen (secondary N) is 1. The Labute approximate surface area is 174 Å². The van der Waals surface area contributed by atoms with Gasteiger partial charge in [-0.25, -0.2) is 0 Å². The zero-order valence-electron chi connectivity index (χ0n) is 16.3. The summed E-state index contributed by atoms with van der Waals surface area (Å²) in [6.07, 6.45) is 3.07. The number of nitrogens with zero attached hydrogens (tertiary/aromatic N) is 3. The Balaban J connectivity index is 1.48. The van der Waals surface area contributed by atoms with E-state index in [1.165, 1.54) is 5.56 Å². The fourth-order valence-corrected chi connectivity index (χ4v) is 3.61. The van der Waals surface area contributed by atoms with Crippen molar-refractivity contribution < 1.29 is 9.32 Å². The van der Waals surface area contributed by atoms with Gasteiger partial charge in [-0.2, -0.15) is 4.98 Å². The second kappa shape index (κ2) is 8.66. The zero-order chi connectivity index (χ0) is 20.2. The van der Waals surface area contributed by atoms with Crippen LogP contribution in [0.4, 0.5) is 5.69 Å². The van der Waals surface area contributed by atoms with Crippen LogP contribution in [0.15, 0.2) is 47.0 Å². The lowest BCUT2D eigenvalue weighted by atomic mass is 10.1. The summed E-state index contributed by atoms with van der Waals surface area (Å²) < 4.78 is 5.38. The normalized spacial score (nSPS) is 13.7. The highest BCUT2D eigenvalue weighted by atomic mass is 35.5. The van der Waals surface area contributed by atoms with Crippen molar-refractivity contribution in [3.63, 3.8) is 0 Å². The second-order valence-corrected chi connectivity index (χ2v) is 7.54. The maximum Gasteiger partial charge on any atom is 0.256 e.